The molecule has 0 aliphatic heterocycles. The van der Waals surface area contributed by atoms with Crippen molar-refractivity contribution >= 4 is 11.4 Å². The third-order valence-electron chi connectivity index (χ3n) is 3.61. The van der Waals surface area contributed by atoms with Crippen LogP contribution in [-0.2, 0) is 0 Å². The Morgan fingerprint density at radius 3 is 2.18 bits per heavy atom. The van der Waals surface area contributed by atoms with Gasteiger partial charge in [0.15, 0.2) is 5.78 Å². The summed E-state index contributed by atoms with van der Waals surface area (Å²) in [6, 6.07) is 9.85. The fourth-order valence-electron chi connectivity index (χ4n) is 2.59. The molecule has 1 heterocycles. The number of aromatic nitrogens is 1. The third kappa shape index (κ3) is 7.67. The molecule has 0 unspecified atom stereocenters. The lowest BCUT2D eigenvalue weighted by atomic mass is 9.95. The predicted octanol–water partition coefficient (Wildman–Crippen LogP) is 8.14. The van der Waals surface area contributed by atoms with E-state index >= 15 is 0 Å². The Balaban J connectivity index is 0.000000930. The lowest BCUT2D eigenvalue weighted by Crippen LogP contribution is -1.96. The molecule has 28 heavy (non-hydrogen) atoms. The first kappa shape index (κ1) is 25.6. The van der Waals surface area contributed by atoms with Gasteiger partial charge in [-0.1, -0.05) is 102 Å². The van der Waals surface area contributed by atoms with Crippen LogP contribution >= 0.6 is 0 Å². The number of carbonyl (C=O) groups excluding carboxylic acids is 1. The smallest absolute Gasteiger partial charge is 0.210 e. The second-order valence-electron chi connectivity index (χ2n) is 5.85. The van der Waals surface area contributed by atoms with Crippen molar-refractivity contribution in [3.05, 3.63) is 59.9 Å². The van der Waals surface area contributed by atoms with E-state index in [-0.39, 0.29) is 5.78 Å². The maximum absolute atomic E-state index is 11.9. The summed E-state index contributed by atoms with van der Waals surface area (Å²) in [5.74, 6) is 0.268. The van der Waals surface area contributed by atoms with Crippen molar-refractivity contribution < 1.29 is 9.32 Å². The second kappa shape index (κ2) is 15.6. The summed E-state index contributed by atoms with van der Waals surface area (Å²) in [6.07, 6.45) is 10.6. The largest absolute Gasteiger partial charge is 0.352 e. The zero-order valence-corrected chi connectivity index (χ0v) is 18.7. The van der Waals surface area contributed by atoms with Crippen molar-refractivity contribution in [3.8, 4) is 11.3 Å². The van der Waals surface area contributed by atoms with E-state index in [0.717, 1.165) is 41.7 Å². The third-order valence-corrected chi connectivity index (χ3v) is 3.61. The van der Waals surface area contributed by atoms with Crippen LogP contribution in [0, 0.1) is 0 Å². The molecule has 2 aromatic rings. The van der Waals surface area contributed by atoms with Gasteiger partial charge in [0.25, 0.3) is 0 Å². The van der Waals surface area contributed by atoms with E-state index in [1.165, 1.54) is 13.3 Å². The van der Waals surface area contributed by atoms with E-state index in [9.17, 15) is 4.79 Å². The highest BCUT2D eigenvalue weighted by Gasteiger charge is 2.23. The molecule has 0 saturated heterocycles. The number of ketones is 1. The SMILES string of the molecule is CC.CC.CC(=O)c1onc(-c2ccccc2)c1C1=CCCC=CC1.CCC. The van der Waals surface area contributed by atoms with Crippen LogP contribution in [0.25, 0.3) is 16.8 Å². The van der Waals surface area contributed by atoms with Crippen molar-refractivity contribution in [1.29, 1.82) is 0 Å². The van der Waals surface area contributed by atoms with Crippen molar-refractivity contribution in [3.63, 3.8) is 0 Å². The van der Waals surface area contributed by atoms with Gasteiger partial charge < -0.3 is 4.52 Å². The van der Waals surface area contributed by atoms with Gasteiger partial charge in [-0.05, 0) is 24.8 Å². The maximum Gasteiger partial charge on any atom is 0.210 e. The molecular weight excluding hydrogens is 346 g/mol. The minimum absolute atomic E-state index is 0.0891. The molecule has 1 aromatic heterocycles. The molecular formula is C25H37NO2. The molecule has 0 amide bonds. The van der Waals surface area contributed by atoms with Crippen LogP contribution in [0.5, 0.6) is 0 Å². The van der Waals surface area contributed by atoms with Crippen LogP contribution < -0.4 is 0 Å². The number of rotatable bonds is 3. The quantitative estimate of drug-likeness (QED) is 0.397. The Bertz CT molecular complexity index is 724. The molecule has 1 aliphatic rings. The van der Waals surface area contributed by atoms with E-state index in [1.54, 1.807) is 0 Å². The van der Waals surface area contributed by atoms with E-state index in [2.05, 4.69) is 37.2 Å². The monoisotopic (exact) mass is 383 g/mol. The highest BCUT2D eigenvalue weighted by molar-refractivity contribution is 5.99. The lowest BCUT2D eigenvalue weighted by molar-refractivity contribution is 0.0978. The Kier molecular flexibility index (Phi) is 14.3. The molecule has 3 heteroatoms. The highest BCUT2D eigenvalue weighted by Crippen LogP contribution is 2.34. The van der Waals surface area contributed by atoms with E-state index in [4.69, 9.17) is 4.52 Å². The van der Waals surface area contributed by atoms with Crippen molar-refractivity contribution in [2.75, 3.05) is 0 Å². The predicted molar refractivity (Wildman–Crippen MR) is 122 cm³/mol. The van der Waals surface area contributed by atoms with Gasteiger partial charge in [-0.15, -0.1) is 0 Å². The molecule has 0 N–H and O–H groups in total. The Hall–Kier alpha value is -2.42. The molecule has 0 atom stereocenters. The topological polar surface area (TPSA) is 43.1 Å². The average molecular weight is 384 g/mol. The summed E-state index contributed by atoms with van der Waals surface area (Å²) in [5.41, 5.74) is 3.69. The molecule has 0 fully saturated rings. The molecule has 0 spiro atoms. The van der Waals surface area contributed by atoms with Crippen molar-refractivity contribution in [2.45, 2.75) is 74.1 Å². The van der Waals surface area contributed by atoms with Crippen LogP contribution in [0.15, 0.2) is 53.1 Å². The van der Waals surface area contributed by atoms with Crippen LogP contribution in [0.3, 0.4) is 0 Å². The first-order valence-corrected chi connectivity index (χ1v) is 10.6. The minimum atomic E-state index is -0.0891. The summed E-state index contributed by atoms with van der Waals surface area (Å²) in [6.45, 7) is 13.8. The number of hydrogen-bond acceptors (Lipinski definition) is 3. The van der Waals surface area contributed by atoms with Crippen molar-refractivity contribution in [1.82, 2.24) is 5.16 Å². The summed E-state index contributed by atoms with van der Waals surface area (Å²) in [4.78, 5) is 11.9. The summed E-state index contributed by atoms with van der Waals surface area (Å²) < 4.78 is 5.34. The number of nitrogens with zero attached hydrogens (tertiary/aromatic N) is 1. The Morgan fingerprint density at radius 2 is 1.61 bits per heavy atom. The molecule has 3 rings (SSSR count). The minimum Gasteiger partial charge on any atom is -0.352 e. The van der Waals surface area contributed by atoms with Gasteiger partial charge in [0.2, 0.25) is 5.76 Å². The number of allylic oxidation sites excluding steroid dienone is 4. The zero-order chi connectivity index (χ0) is 21.4. The molecule has 1 aromatic carbocycles. The van der Waals surface area contributed by atoms with Gasteiger partial charge in [0.1, 0.15) is 5.69 Å². The fraction of sp³-hybridized carbons (Fsp3) is 0.440. The molecule has 0 bridgehead atoms. The van der Waals surface area contributed by atoms with Gasteiger partial charge >= 0.3 is 0 Å². The van der Waals surface area contributed by atoms with Crippen LogP contribution in [0.4, 0.5) is 0 Å². The summed E-state index contributed by atoms with van der Waals surface area (Å²) in [5, 5.41) is 4.15. The van der Waals surface area contributed by atoms with Gasteiger partial charge in [0, 0.05) is 12.5 Å². The maximum atomic E-state index is 11.9. The van der Waals surface area contributed by atoms with Crippen LogP contribution in [-0.4, -0.2) is 10.9 Å². The number of benzene rings is 1. The lowest BCUT2D eigenvalue weighted by Gasteiger charge is -2.06. The van der Waals surface area contributed by atoms with Crippen LogP contribution in [0.2, 0.25) is 0 Å². The Labute approximate surface area is 171 Å². The van der Waals surface area contributed by atoms with Gasteiger partial charge in [-0.25, -0.2) is 0 Å². The van der Waals surface area contributed by atoms with Crippen LogP contribution in [0.1, 0.15) is 90.3 Å². The average Bonchev–Trinajstić information content (AvgIpc) is 3.01. The second-order valence-corrected chi connectivity index (χ2v) is 5.85. The van der Waals surface area contributed by atoms with E-state index < -0.39 is 0 Å². The van der Waals surface area contributed by atoms with E-state index in [0.29, 0.717) is 5.76 Å². The molecule has 154 valence electrons. The van der Waals surface area contributed by atoms with Crippen molar-refractivity contribution in [2.24, 2.45) is 0 Å². The Morgan fingerprint density at radius 1 is 1.00 bits per heavy atom. The van der Waals surface area contributed by atoms with Gasteiger partial charge in [-0.2, -0.15) is 0 Å². The van der Waals surface area contributed by atoms with Gasteiger partial charge in [0.05, 0.1) is 5.56 Å². The van der Waals surface area contributed by atoms with Gasteiger partial charge in [-0.3, -0.25) is 4.79 Å². The summed E-state index contributed by atoms with van der Waals surface area (Å²) >= 11 is 0. The highest BCUT2D eigenvalue weighted by atomic mass is 16.5. The number of Topliss-reactive ketones (excluding diaryl/α,β-unsaturated/α-hetero) is 1. The molecule has 3 nitrogen and oxygen atoms in total. The number of carbonyl (C=O) groups is 1. The molecule has 0 saturated carbocycles. The summed E-state index contributed by atoms with van der Waals surface area (Å²) in [7, 11) is 0. The molecule has 0 radical (unpaired) electrons. The van der Waals surface area contributed by atoms with E-state index in [1.807, 2.05) is 58.0 Å². The standard InChI is InChI=1S/C18H17NO2.C3H8.2C2H6/c1-13(20)18-16(14-9-5-2-3-6-10-14)17(19-21-18)15-11-7-4-8-12-15;1-3-2;2*1-2/h2,4-5,7-8,10-12H,3,6,9H2,1H3;3H2,1-2H3;2*1-2H3. The first-order valence-electron chi connectivity index (χ1n) is 10.6. The fourth-order valence-corrected chi connectivity index (χ4v) is 2.59. The number of hydrogen-bond donors (Lipinski definition) is 0. The first-order chi connectivity index (χ1) is 13.7. The molecule has 1 aliphatic carbocycles. The zero-order valence-electron chi connectivity index (χ0n) is 18.7. The normalized spacial score (nSPS) is 12.0.